The molecule has 0 spiro atoms. The van der Waals surface area contributed by atoms with Crippen molar-refractivity contribution in [1.29, 1.82) is 0 Å². The number of aliphatic hydroxyl groups excluding tert-OH is 1. The van der Waals surface area contributed by atoms with Crippen molar-refractivity contribution < 1.29 is 53.7 Å². The SMILES string of the molecule is COC(=O)C(Cc1ccc(O)c([N+](=O)[O-])c1)NC(=O)CCC(=O)OCC(=O)C1(O)CCC2C3CCC4=CC(=O)CCC4(C)C3C(O)CC21C. The number of amides is 1. The monoisotopic (exact) mass is 684 g/mol. The molecule has 0 heterocycles. The number of methoxy groups -OCH3 is 1. The van der Waals surface area contributed by atoms with E-state index in [9.17, 15) is 49.4 Å². The van der Waals surface area contributed by atoms with Crippen LogP contribution >= 0.6 is 0 Å². The molecule has 0 aliphatic heterocycles. The van der Waals surface area contributed by atoms with Gasteiger partial charge in [-0.1, -0.05) is 25.5 Å². The van der Waals surface area contributed by atoms with Crippen LogP contribution in [0.2, 0.25) is 0 Å². The lowest BCUT2D eigenvalue weighted by Crippen LogP contribution is -2.62. The van der Waals surface area contributed by atoms with E-state index in [-0.39, 0.29) is 53.8 Å². The molecule has 1 aromatic rings. The van der Waals surface area contributed by atoms with Gasteiger partial charge in [-0.2, -0.15) is 0 Å². The molecule has 49 heavy (non-hydrogen) atoms. The molecule has 4 aliphatic rings. The maximum absolute atomic E-state index is 13.5. The topological polar surface area (TPSA) is 220 Å². The number of hydrogen-bond acceptors (Lipinski definition) is 12. The lowest BCUT2D eigenvalue weighted by atomic mass is 9.45. The Hall–Kier alpha value is -4.17. The van der Waals surface area contributed by atoms with Gasteiger partial charge in [-0.3, -0.25) is 29.3 Å². The Balaban J connectivity index is 1.16. The van der Waals surface area contributed by atoms with Gasteiger partial charge in [0.05, 0.1) is 24.6 Å². The molecule has 3 saturated carbocycles. The molecule has 0 saturated heterocycles. The number of phenolic OH excluding ortho intramolecular Hbond substituents is 1. The Morgan fingerprint density at radius 3 is 2.55 bits per heavy atom. The van der Waals surface area contributed by atoms with Crippen molar-refractivity contribution in [3.05, 3.63) is 45.5 Å². The number of carbonyl (C=O) groups is 5. The number of benzene rings is 1. The lowest BCUT2D eigenvalue weighted by Gasteiger charge is -2.60. The second-order valence-corrected chi connectivity index (χ2v) is 14.5. The molecule has 0 bridgehead atoms. The molecule has 1 aromatic carbocycles. The summed E-state index contributed by atoms with van der Waals surface area (Å²) in [6.07, 6.45) is 3.47. The molecule has 14 nitrogen and oxygen atoms in total. The van der Waals surface area contributed by atoms with E-state index in [1.165, 1.54) is 6.07 Å². The minimum atomic E-state index is -1.82. The average Bonchev–Trinajstić information content (AvgIpc) is 3.33. The highest BCUT2D eigenvalue weighted by molar-refractivity contribution is 5.92. The molecule has 0 radical (unpaired) electrons. The molecule has 5 rings (SSSR count). The Kier molecular flexibility index (Phi) is 10.0. The summed E-state index contributed by atoms with van der Waals surface area (Å²) in [4.78, 5) is 73.6. The van der Waals surface area contributed by atoms with Crippen molar-refractivity contribution in [2.45, 2.75) is 95.8 Å². The van der Waals surface area contributed by atoms with Gasteiger partial charge in [-0.25, -0.2) is 4.79 Å². The van der Waals surface area contributed by atoms with E-state index in [0.29, 0.717) is 19.3 Å². The lowest BCUT2D eigenvalue weighted by molar-refractivity contribution is -0.385. The number of ether oxygens (including phenoxy) is 2. The minimum Gasteiger partial charge on any atom is -0.502 e. The number of phenols is 1. The Bertz CT molecular complexity index is 1590. The molecule has 1 amide bonds. The second-order valence-electron chi connectivity index (χ2n) is 14.5. The third kappa shape index (κ3) is 6.60. The fraction of sp³-hybridized carbons (Fsp3) is 0.629. The van der Waals surface area contributed by atoms with Crippen LogP contribution in [-0.4, -0.2) is 81.1 Å². The van der Waals surface area contributed by atoms with Crippen molar-refractivity contribution in [2.75, 3.05) is 13.7 Å². The van der Waals surface area contributed by atoms with Crippen molar-refractivity contribution in [3.8, 4) is 5.75 Å². The van der Waals surface area contributed by atoms with Crippen molar-refractivity contribution in [3.63, 3.8) is 0 Å². The van der Waals surface area contributed by atoms with E-state index in [4.69, 9.17) is 9.47 Å². The van der Waals surface area contributed by atoms with Gasteiger partial charge in [0.1, 0.15) is 11.6 Å². The number of nitrogens with zero attached hydrogens (tertiary/aromatic N) is 1. The maximum Gasteiger partial charge on any atom is 0.328 e. The fourth-order valence-corrected chi connectivity index (χ4v) is 9.38. The van der Waals surface area contributed by atoms with Crippen molar-refractivity contribution >= 4 is 35.1 Å². The zero-order valence-electron chi connectivity index (χ0n) is 27.9. The summed E-state index contributed by atoms with van der Waals surface area (Å²) in [5.74, 6) is -3.60. The summed E-state index contributed by atoms with van der Waals surface area (Å²) < 4.78 is 9.92. The zero-order chi connectivity index (χ0) is 35.9. The predicted octanol–water partition coefficient (Wildman–Crippen LogP) is 2.63. The highest BCUT2D eigenvalue weighted by atomic mass is 16.6. The molecule has 8 atom stereocenters. The van der Waals surface area contributed by atoms with Crippen LogP contribution in [0.5, 0.6) is 5.75 Å². The first kappa shape index (κ1) is 36.1. The number of nitro groups is 1. The van der Waals surface area contributed by atoms with Gasteiger partial charge < -0.3 is 30.1 Å². The number of allylic oxidation sites excluding steroid dienone is 1. The number of nitro benzene ring substituents is 1. The molecule has 4 aliphatic carbocycles. The number of ketones is 2. The van der Waals surface area contributed by atoms with Gasteiger partial charge in [-0.05, 0) is 79.4 Å². The first-order chi connectivity index (χ1) is 23.0. The standard InChI is InChI=1S/C35H44N2O12/c1-33-12-10-21(38)16-20(33)5-6-22-23-11-13-35(45,34(23,2)17-27(40)31(22)33)28(41)18-49-30(43)9-8-29(42)36-24(32(44)48-3)14-19-4-7-26(39)25(15-19)37(46)47/h4,7,15-16,22-24,27,31,39-40,45H,5-6,8-14,17-18H2,1-3H3,(H,36,42). The predicted molar refractivity (Wildman–Crippen MR) is 171 cm³/mol. The highest BCUT2D eigenvalue weighted by Crippen LogP contribution is 2.67. The first-order valence-electron chi connectivity index (χ1n) is 16.7. The number of Topliss-reactive ketones (excluding diaryl/α,β-unsaturated/α-hetero) is 1. The second kappa shape index (κ2) is 13.6. The van der Waals surface area contributed by atoms with E-state index in [2.05, 4.69) is 12.2 Å². The zero-order valence-corrected chi connectivity index (χ0v) is 27.9. The first-order valence-corrected chi connectivity index (χ1v) is 16.7. The van der Waals surface area contributed by atoms with Crippen LogP contribution in [0.3, 0.4) is 0 Å². The minimum absolute atomic E-state index is 0.0410. The van der Waals surface area contributed by atoms with Gasteiger partial charge >= 0.3 is 17.6 Å². The van der Waals surface area contributed by atoms with Crippen LogP contribution in [0, 0.1) is 38.7 Å². The summed E-state index contributed by atoms with van der Waals surface area (Å²) >= 11 is 0. The number of aromatic hydroxyl groups is 1. The van der Waals surface area contributed by atoms with Gasteiger partial charge in [0.2, 0.25) is 11.7 Å². The van der Waals surface area contributed by atoms with Crippen LogP contribution in [-0.2, 0) is 39.9 Å². The number of nitrogens with one attached hydrogen (secondary N) is 1. The normalized spacial score (nSPS) is 32.4. The molecule has 0 aromatic heterocycles. The third-order valence-corrected chi connectivity index (χ3v) is 11.9. The molecular weight excluding hydrogens is 640 g/mol. The quantitative estimate of drug-likeness (QED) is 0.150. The van der Waals surface area contributed by atoms with E-state index in [1.54, 1.807) is 6.08 Å². The smallest absolute Gasteiger partial charge is 0.328 e. The van der Waals surface area contributed by atoms with Crippen LogP contribution < -0.4 is 5.32 Å². The van der Waals surface area contributed by atoms with Crippen molar-refractivity contribution in [2.24, 2.45) is 28.6 Å². The van der Waals surface area contributed by atoms with Crippen molar-refractivity contribution in [1.82, 2.24) is 5.32 Å². The molecule has 266 valence electrons. The van der Waals surface area contributed by atoms with Crippen LogP contribution in [0.25, 0.3) is 0 Å². The Morgan fingerprint density at radius 2 is 1.86 bits per heavy atom. The Labute approximate surface area is 283 Å². The number of fused-ring (bicyclic) bond motifs is 5. The molecule has 4 N–H and O–H groups in total. The van der Waals surface area contributed by atoms with Gasteiger partial charge in [0.25, 0.3) is 0 Å². The highest BCUT2D eigenvalue weighted by Gasteiger charge is 2.68. The number of hydrogen-bond donors (Lipinski definition) is 4. The van der Waals surface area contributed by atoms with E-state index in [1.807, 2.05) is 6.92 Å². The molecular formula is C35H44N2O12. The molecule has 3 fully saturated rings. The summed E-state index contributed by atoms with van der Waals surface area (Å²) in [5, 5.41) is 46.7. The van der Waals surface area contributed by atoms with Gasteiger partial charge in [0, 0.05) is 30.7 Å². The van der Waals surface area contributed by atoms with Crippen LogP contribution in [0.15, 0.2) is 29.8 Å². The van der Waals surface area contributed by atoms with Gasteiger partial charge in [0.15, 0.2) is 18.1 Å². The van der Waals surface area contributed by atoms with E-state index in [0.717, 1.165) is 37.7 Å². The largest absolute Gasteiger partial charge is 0.502 e. The van der Waals surface area contributed by atoms with E-state index >= 15 is 0 Å². The Morgan fingerprint density at radius 1 is 1.12 bits per heavy atom. The fourth-order valence-electron chi connectivity index (χ4n) is 9.38. The summed E-state index contributed by atoms with van der Waals surface area (Å²) in [7, 11) is 1.10. The maximum atomic E-state index is 13.5. The number of esters is 2. The number of aliphatic hydroxyl groups is 2. The summed E-state index contributed by atoms with van der Waals surface area (Å²) in [6.45, 7) is 3.25. The number of rotatable bonds is 11. The molecule has 8 unspecified atom stereocenters. The van der Waals surface area contributed by atoms with Gasteiger partial charge in [-0.15, -0.1) is 0 Å². The number of carbonyl (C=O) groups excluding carboxylic acids is 5. The summed E-state index contributed by atoms with van der Waals surface area (Å²) in [5.41, 5.74) is -2.30. The average molecular weight is 685 g/mol. The van der Waals surface area contributed by atoms with Crippen LogP contribution in [0.4, 0.5) is 5.69 Å². The summed E-state index contributed by atoms with van der Waals surface area (Å²) in [6, 6.07) is 2.28. The van der Waals surface area contributed by atoms with Crippen LogP contribution in [0.1, 0.15) is 77.2 Å². The third-order valence-electron chi connectivity index (χ3n) is 11.9. The molecule has 14 heteroatoms. The van der Waals surface area contributed by atoms with E-state index < -0.39 is 82.6 Å².